The van der Waals surface area contributed by atoms with Crippen molar-refractivity contribution in [3.63, 3.8) is 0 Å². The summed E-state index contributed by atoms with van der Waals surface area (Å²) in [5, 5.41) is 6.11. The molecule has 0 spiro atoms. The highest BCUT2D eigenvalue weighted by Crippen LogP contribution is 2.11. The molecule has 0 aliphatic carbocycles. The van der Waals surface area contributed by atoms with E-state index in [1.54, 1.807) is 21.9 Å². The van der Waals surface area contributed by atoms with E-state index in [4.69, 9.17) is 10.2 Å². The first-order chi connectivity index (χ1) is 10.1. The molecule has 1 aliphatic rings. The first kappa shape index (κ1) is 13.2. The van der Waals surface area contributed by atoms with Gasteiger partial charge < -0.3 is 20.0 Å². The highest BCUT2D eigenvalue weighted by atomic mass is 16.3. The third kappa shape index (κ3) is 2.57. The Balaban J connectivity index is 1.60. The Kier molecular flexibility index (Phi) is 3.30. The quantitative estimate of drug-likeness (QED) is 0.774. The van der Waals surface area contributed by atoms with Crippen LogP contribution in [0.4, 0.5) is 5.95 Å². The van der Waals surface area contributed by atoms with Crippen LogP contribution < -0.4 is 5.73 Å². The average Bonchev–Trinajstić information content (AvgIpc) is 3.17. The number of carbonyl (C=O) groups is 2. The number of rotatable bonds is 2. The van der Waals surface area contributed by atoms with Crippen molar-refractivity contribution in [2.75, 3.05) is 31.9 Å². The normalized spacial score (nSPS) is 15.2. The molecule has 1 fully saturated rings. The lowest BCUT2D eigenvalue weighted by atomic mass is 10.2. The molecule has 110 valence electrons. The molecule has 0 bridgehead atoms. The Morgan fingerprint density at radius 3 is 2.38 bits per heavy atom. The van der Waals surface area contributed by atoms with Crippen LogP contribution in [0, 0.1) is 0 Å². The maximum atomic E-state index is 12.1. The summed E-state index contributed by atoms with van der Waals surface area (Å²) in [5.41, 5.74) is 5.37. The van der Waals surface area contributed by atoms with Gasteiger partial charge in [-0.15, -0.1) is 5.10 Å². The van der Waals surface area contributed by atoms with Gasteiger partial charge in [-0.3, -0.25) is 14.7 Å². The average molecular weight is 290 g/mol. The van der Waals surface area contributed by atoms with Crippen LogP contribution in [0.1, 0.15) is 21.2 Å². The van der Waals surface area contributed by atoms with Crippen molar-refractivity contribution < 1.29 is 14.0 Å². The minimum absolute atomic E-state index is 0.0324. The van der Waals surface area contributed by atoms with Gasteiger partial charge in [0.15, 0.2) is 5.76 Å². The number of hydrogen-bond acceptors (Lipinski definition) is 6. The summed E-state index contributed by atoms with van der Waals surface area (Å²) in [5.74, 6) is 0.00128. The summed E-state index contributed by atoms with van der Waals surface area (Å²) in [7, 11) is 0. The molecule has 3 heterocycles. The summed E-state index contributed by atoms with van der Waals surface area (Å²) in [4.78, 5) is 31.3. The number of piperazine rings is 1. The number of aromatic amines is 1. The van der Waals surface area contributed by atoms with E-state index in [9.17, 15) is 9.59 Å². The second-order valence-corrected chi connectivity index (χ2v) is 4.60. The van der Waals surface area contributed by atoms with Crippen molar-refractivity contribution in [1.82, 2.24) is 25.0 Å². The molecule has 0 radical (unpaired) electrons. The summed E-state index contributed by atoms with van der Waals surface area (Å²) in [6.07, 6.45) is 1.46. The molecule has 3 N–H and O–H groups in total. The van der Waals surface area contributed by atoms with Crippen molar-refractivity contribution in [1.29, 1.82) is 0 Å². The van der Waals surface area contributed by atoms with Crippen LogP contribution in [0.25, 0.3) is 0 Å². The van der Waals surface area contributed by atoms with Crippen molar-refractivity contribution in [2.45, 2.75) is 0 Å². The van der Waals surface area contributed by atoms with Crippen LogP contribution in [0.3, 0.4) is 0 Å². The maximum Gasteiger partial charge on any atom is 0.291 e. The van der Waals surface area contributed by atoms with Gasteiger partial charge in [-0.1, -0.05) is 0 Å². The third-order valence-electron chi connectivity index (χ3n) is 3.29. The Labute approximate surface area is 119 Å². The number of aromatic nitrogens is 3. The van der Waals surface area contributed by atoms with Crippen LogP contribution >= 0.6 is 0 Å². The zero-order valence-electron chi connectivity index (χ0n) is 11.2. The molecular formula is C12H14N6O3. The van der Waals surface area contributed by atoms with Crippen LogP contribution in [-0.4, -0.2) is 63.0 Å². The van der Waals surface area contributed by atoms with E-state index in [1.807, 2.05) is 0 Å². The molecule has 0 saturated carbocycles. The lowest BCUT2D eigenvalue weighted by Gasteiger charge is -2.33. The van der Waals surface area contributed by atoms with Crippen LogP contribution in [-0.2, 0) is 0 Å². The molecule has 0 atom stereocenters. The number of anilines is 1. The number of furan rings is 1. The van der Waals surface area contributed by atoms with Crippen molar-refractivity contribution in [2.24, 2.45) is 0 Å². The van der Waals surface area contributed by atoms with Gasteiger partial charge in [-0.05, 0) is 12.1 Å². The highest BCUT2D eigenvalue weighted by Gasteiger charge is 2.27. The van der Waals surface area contributed by atoms with Gasteiger partial charge in [0.1, 0.15) is 0 Å². The van der Waals surface area contributed by atoms with Gasteiger partial charge in [0, 0.05) is 26.2 Å². The predicted octanol–water partition coefficient (Wildman–Crippen LogP) is -0.422. The fourth-order valence-corrected chi connectivity index (χ4v) is 2.19. The number of nitrogens with zero attached hydrogens (tertiary/aromatic N) is 4. The Morgan fingerprint density at radius 2 is 1.86 bits per heavy atom. The van der Waals surface area contributed by atoms with Gasteiger partial charge >= 0.3 is 0 Å². The monoisotopic (exact) mass is 290 g/mol. The number of nitrogens with two attached hydrogens (primary N) is 1. The summed E-state index contributed by atoms with van der Waals surface area (Å²) in [6.45, 7) is 1.72. The summed E-state index contributed by atoms with van der Waals surface area (Å²) < 4.78 is 5.09. The molecule has 21 heavy (non-hydrogen) atoms. The molecule has 0 unspecified atom stereocenters. The van der Waals surface area contributed by atoms with Gasteiger partial charge in [-0.2, -0.15) is 4.98 Å². The largest absolute Gasteiger partial charge is 0.459 e. The number of carbonyl (C=O) groups excluding carboxylic acids is 2. The number of H-pyrrole nitrogens is 1. The Morgan fingerprint density at radius 1 is 1.19 bits per heavy atom. The predicted molar refractivity (Wildman–Crippen MR) is 71.3 cm³/mol. The van der Waals surface area contributed by atoms with Crippen molar-refractivity contribution >= 4 is 17.8 Å². The standard InChI is InChI=1S/C12H14N6O3/c13-12-14-9(15-16-12)11(20)18-5-3-17(4-6-18)10(19)8-2-1-7-21-8/h1-2,7H,3-6H2,(H3,13,14,15,16). The Bertz CT molecular complexity index is 642. The second-order valence-electron chi connectivity index (χ2n) is 4.60. The molecule has 1 aliphatic heterocycles. The topological polar surface area (TPSA) is 121 Å². The highest BCUT2D eigenvalue weighted by molar-refractivity contribution is 5.92. The van der Waals surface area contributed by atoms with E-state index in [0.717, 1.165) is 0 Å². The molecule has 2 amide bonds. The van der Waals surface area contributed by atoms with E-state index in [2.05, 4.69) is 15.2 Å². The summed E-state index contributed by atoms with van der Waals surface area (Å²) >= 11 is 0. The SMILES string of the molecule is Nc1n[nH]c(C(=O)N2CCN(C(=O)c3ccco3)CC2)n1. The minimum atomic E-state index is -0.274. The fourth-order valence-electron chi connectivity index (χ4n) is 2.19. The number of nitrogen functional groups attached to an aromatic ring is 1. The number of amides is 2. The lowest BCUT2D eigenvalue weighted by Crippen LogP contribution is -2.50. The molecule has 3 rings (SSSR count). The molecule has 0 aromatic carbocycles. The van der Waals surface area contributed by atoms with Crippen LogP contribution in [0.2, 0.25) is 0 Å². The maximum absolute atomic E-state index is 12.1. The molecule has 9 heteroatoms. The Hall–Kier alpha value is -2.84. The van der Waals surface area contributed by atoms with Gasteiger partial charge in [0.25, 0.3) is 11.8 Å². The summed E-state index contributed by atoms with van der Waals surface area (Å²) in [6, 6.07) is 3.29. The molecular weight excluding hydrogens is 276 g/mol. The zero-order valence-corrected chi connectivity index (χ0v) is 11.2. The van der Waals surface area contributed by atoms with Crippen molar-refractivity contribution in [3.05, 3.63) is 30.0 Å². The van der Waals surface area contributed by atoms with E-state index in [0.29, 0.717) is 31.9 Å². The van der Waals surface area contributed by atoms with Gasteiger partial charge in [0.2, 0.25) is 11.8 Å². The van der Waals surface area contributed by atoms with Gasteiger partial charge in [-0.25, -0.2) is 0 Å². The van der Waals surface area contributed by atoms with Gasteiger partial charge in [0.05, 0.1) is 6.26 Å². The molecule has 2 aromatic rings. The third-order valence-corrected chi connectivity index (χ3v) is 3.29. The van der Waals surface area contributed by atoms with E-state index in [1.165, 1.54) is 6.26 Å². The molecule has 1 saturated heterocycles. The smallest absolute Gasteiger partial charge is 0.291 e. The van der Waals surface area contributed by atoms with E-state index in [-0.39, 0.29) is 23.6 Å². The first-order valence-electron chi connectivity index (χ1n) is 6.45. The van der Waals surface area contributed by atoms with Crippen LogP contribution in [0.15, 0.2) is 22.8 Å². The minimum Gasteiger partial charge on any atom is -0.459 e. The number of hydrogen-bond donors (Lipinski definition) is 2. The van der Waals surface area contributed by atoms with Crippen LogP contribution in [0.5, 0.6) is 0 Å². The molecule has 9 nitrogen and oxygen atoms in total. The first-order valence-corrected chi connectivity index (χ1v) is 6.45. The van der Waals surface area contributed by atoms with E-state index >= 15 is 0 Å². The second kappa shape index (κ2) is 5.27. The number of nitrogens with one attached hydrogen (secondary N) is 1. The fraction of sp³-hybridized carbons (Fsp3) is 0.333. The van der Waals surface area contributed by atoms with Crippen molar-refractivity contribution in [3.8, 4) is 0 Å². The molecule has 2 aromatic heterocycles. The lowest BCUT2D eigenvalue weighted by molar-refractivity contribution is 0.0512. The van der Waals surface area contributed by atoms with E-state index < -0.39 is 0 Å². The zero-order chi connectivity index (χ0) is 14.8.